The Labute approximate surface area is 159 Å². The molecular formula is C20H16BrClFNO. The molecule has 2 aromatic carbocycles. The Morgan fingerprint density at radius 3 is 2.64 bits per heavy atom. The number of dihydropyridines is 1. The van der Waals surface area contributed by atoms with Crippen LogP contribution >= 0.6 is 27.5 Å². The van der Waals surface area contributed by atoms with Crippen molar-refractivity contribution < 1.29 is 9.18 Å². The summed E-state index contributed by atoms with van der Waals surface area (Å²) >= 11 is 9.69. The Balaban J connectivity index is 1.96. The molecule has 0 radical (unpaired) electrons. The first-order valence-corrected chi connectivity index (χ1v) is 9.05. The van der Waals surface area contributed by atoms with Crippen molar-refractivity contribution in [3.8, 4) is 0 Å². The molecule has 1 aliphatic heterocycles. The van der Waals surface area contributed by atoms with E-state index in [1.165, 1.54) is 12.1 Å². The lowest BCUT2D eigenvalue weighted by Crippen LogP contribution is -2.16. The highest BCUT2D eigenvalue weighted by molar-refractivity contribution is 9.10. The molecule has 0 aromatic heterocycles. The van der Waals surface area contributed by atoms with Crippen molar-refractivity contribution in [2.45, 2.75) is 12.3 Å². The van der Waals surface area contributed by atoms with Crippen LogP contribution < -0.4 is 5.32 Å². The largest absolute Gasteiger partial charge is 0.387 e. The maximum atomic E-state index is 13.4. The van der Waals surface area contributed by atoms with Gasteiger partial charge in [0.15, 0.2) is 5.78 Å². The van der Waals surface area contributed by atoms with Gasteiger partial charge < -0.3 is 5.32 Å². The van der Waals surface area contributed by atoms with E-state index in [0.29, 0.717) is 10.6 Å². The molecule has 25 heavy (non-hydrogen) atoms. The van der Waals surface area contributed by atoms with E-state index in [9.17, 15) is 9.18 Å². The summed E-state index contributed by atoms with van der Waals surface area (Å²) in [5.41, 5.74) is 2.33. The van der Waals surface area contributed by atoms with Crippen LogP contribution in [0.25, 0.3) is 0 Å². The summed E-state index contributed by atoms with van der Waals surface area (Å²) < 4.78 is 14.4. The van der Waals surface area contributed by atoms with Crippen LogP contribution in [0.2, 0.25) is 5.02 Å². The minimum Gasteiger partial charge on any atom is -0.387 e. The molecule has 1 N–H and O–H groups in total. The SMILES string of the molecule is O=C(CC(c1ccc(Br)cc1)c1ccc(F)cc1Cl)C1=CNCC=C1. The molecular weight excluding hydrogens is 405 g/mol. The summed E-state index contributed by atoms with van der Waals surface area (Å²) in [7, 11) is 0. The first kappa shape index (κ1) is 17.9. The first-order chi connectivity index (χ1) is 12.0. The highest BCUT2D eigenvalue weighted by Gasteiger charge is 2.22. The Morgan fingerprint density at radius 2 is 2.00 bits per heavy atom. The van der Waals surface area contributed by atoms with Crippen molar-refractivity contribution in [2.24, 2.45) is 0 Å². The summed E-state index contributed by atoms with van der Waals surface area (Å²) in [5, 5.41) is 3.37. The van der Waals surface area contributed by atoms with Crippen LogP contribution in [0, 0.1) is 5.82 Å². The average Bonchev–Trinajstić information content (AvgIpc) is 2.62. The van der Waals surface area contributed by atoms with Crippen LogP contribution in [0.15, 0.2) is 70.9 Å². The Bertz CT molecular complexity index is 845. The van der Waals surface area contributed by atoms with Gasteiger partial charge in [0.1, 0.15) is 5.82 Å². The molecule has 0 bridgehead atoms. The van der Waals surface area contributed by atoms with E-state index in [2.05, 4.69) is 21.2 Å². The second kappa shape index (κ2) is 7.98. The number of carbonyl (C=O) groups is 1. The zero-order valence-electron chi connectivity index (χ0n) is 13.3. The van der Waals surface area contributed by atoms with Gasteiger partial charge in [0.25, 0.3) is 0 Å². The van der Waals surface area contributed by atoms with E-state index < -0.39 is 5.82 Å². The van der Waals surface area contributed by atoms with Gasteiger partial charge in [0.2, 0.25) is 0 Å². The minimum atomic E-state index is -0.392. The third-order valence-corrected chi connectivity index (χ3v) is 4.97. The van der Waals surface area contributed by atoms with Gasteiger partial charge >= 0.3 is 0 Å². The second-order valence-electron chi connectivity index (χ2n) is 5.81. The van der Waals surface area contributed by atoms with Gasteiger partial charge in [-0.05, 0) is 35.4 Å². The Morgan fingerprint density at radius 1 is 1.24 bits per heavy atom. The molecule has 3 rings (SSSR count). The number of carbonyl (C=O) groups excluding carboxylic acids is 1. The molecule has 0 saturated carbocycles. The van der Waals surface area contributed by atoms with Crippen LogP contribution in [0.1, 0.15) is 23.5 Å². The number of rotatable bonds is 5. The second-order valence-corrected chi connectivity index (χ2v) is 7.13. The molecule has 2 nitrogen and oxygen atoms in total. The predicted molar refractivity (Wildman–Crippen MR) is 102 cm³/mol. The molecule has 0 aliphatic carbocycles. The third kappa shape index (κ3) is 4.39. The molecule has 1 aliphatic rings. The van der Waals surface area contributed by atoms with Gasteiger partial charge in [-0.3, -0.25) is 4.79 Å². The molecule has 1 unspecified atom stereocenters. The van der Waals surface area contributed by atoms with Crippen LogP contribution in [-0.2, 0) is 4.79 Å². The summed E-state index contributed by atoms with van der Waals surface area (Å²) in [6.07, 6.45) is 5.72. The van der Waals surface area contributed by atoms with Gasteiger partial charge in [-0.15, -0.1) is 0 Å². The summed E-state index contributed by atoms with van der Waals surface area (Å²) in [6, 6.07) is 12.1. The topological polar surface area (TPSA) is 29.1 Å². The van der Waals surface area contributed by atoms with E-state index in [4.69, 9.17) is 11.6 Å². The number of nitrogens with one attached hydrogen (secondary N) is 1. The van der Waals surface area contributed by atoms with Crippen molar-refractivity contribution in [3.63, 3.8) is 0 Å². The Kier molecular flexibility index (Phi) is 5.71. The molecule has 5 heteroatoms. The predicted octanol–water partition coefficient (Wildman–Crippen LogP) is 5.38. The first-order valence-electron chi connectivity index (χ1n) is 7.88. The molecule has 0 spiro atoms. The van der Waals surface area contributed by atoms with E-state index >= 15 is 0 Å². The lowest BCUT2D eigenvalue weighted by atomic mass is 9.85. The van der Waals surface area contributed by atoms with Crippen molar-refractivity contribution in [1.29, 1.82) is 0 Å². The lowest BCUT2D eigenvalue weighted by molar-refractivity contribution is -0.115. The molecule has 0 amide bonds. The molecule has 1 atom stereocenters. The number of hydrogen-bond acceptors (Lipinski definition) is 2. The van der Waals surface area contributed by atoms with Gasteiger partial charge in [-0.2, -0.15) is 0 Å². The molecule has 0 saturated heterocycles. The third-order valence-electron chi connectivity index (χ3n) is 4.11. The smallest absolute Gasteiger partial charge is 0.165 e. The van der Waals surface area contributed by atoms with Gasteiger partial charge in [0.05, 0.1) is 0 Å². The fourth-order valence-electron chi connectivity index (χ4n) is 2.83. The zero-order valence-corrected chi connectivity index (χ0v) is 15.6. The summed E-state index contributed by atoms with van der Waals surface area (Å²) in [6.45, 7) is 0.719. The lowest BCUT2D eigenvalue weighted by Gasteiger charge is -2.20. The van der Waals surface area contributed by atoms with E-state index in [1.54, 1.807) is 12.3 Å². The highest BCUT2D eigenvalue weighted by Crippen LogP contribution is 2.35. The monoisotopic (exact) mass is 419 g/mol. The normalized spacial score (nSPS) is 14.6. The van der Waals surface area contributed by atoms with Crippen molar-refractivity contribution >= 4 is 33.3 Å². The van der Waals surface area contributed by atoms with E-state index in [1.807, 2.05) is 36.4 Å². The number of hydrogen-bond donors (Lipinski definition) is 1. The number of halogens is 3. The minimum absolute atomic E-state index is 0.0109. The van der Waals surface area contributed by atoms with E-state index in [0.717, 1.165) is 22.1 Å². The van der Waals surface area contributed by atoms with Crippen LogP contribution in [0.3, 0.4) is 0 Å². The highest BCUT2D eigenvalue weighted by atomic mass is 79.9. The van der Waals surface area contributed by atoms with Crippen molar-refractivity contribution in [1.82, 2.24) is 5.32 Å². The average molecular weight is 421 g/mol. The molecule has 128 valence electrons. The van der Waals surface area contributed by atoms with Crippen molar-refractivity contribution in [3.05, 3.63) is 92.8 Å². The number of allylic oxidation sites excluding steroid dienone is 2. The van der Waals surface area contributed by atoms with Crippen LogP contribution in [-0.4, -0.2) is 12.3 Å². The quantitative estimate of drug-likeness (QED) is 0.704. The van der Waals surface area contributed by atoms with Crippen LogP contribution in [0.4, 0.5) is 4.39 Å². The molecule has 1 heterocycles. The number of ketones is 1. The Hall–Kier alpha value is -1.91. The standard InChI is InChI=1S/C20H16BrClFNO/c21-15-5-3-13(4-6-15)18(17-8-7-16(23)10-19(17)22)11-20(25)14-2-1-9-24-12-14/h1-8,10,12,18,24H,9,11H2. The van der Waals surface area contributed by atoms with Gasteiger partial charge in [-0.1, -0.05) is 57.9 Å². The van der Waals surface area contributed by atoms with E-state index in [-0.39, 0.29) is 18.1 Å². The number of Topliss-reactive ketones (excluding diaryl/α,β-unsaturated/α-hetero) is 1. The maximum Gasteiger partial charge on any atom is 0.165 e. The summed E-state index contributed by atoms with van der Waals surface area (Å²) in [5.74, 6) is -0.626. The fraction of sp³-hybridized carbons (Fsp3) is 0.150. The zero-order chi connectivity index (χ0) is 17.8. The van der Waals surface area contributed by atoms with Crippen molar-refractivity contribution in [2.75, 3.05) is 6.54 Å². The molecule has 0 fully saturated rings. The number of benzene rings is 2. The van der Waals surface area contributed by atoms with Crippen LogP contribution in [0.5, 0.6) is 0 Å². The molecule has 2 aromatic rings. The van der Waals surface area contributed by atoms with Gasteiger partial charge in [0, 0.05) is 40.2 Å². The summed E-state index contributed by atoms with van der Waals surface area (Å²) in [4.78, 5) is 12.7. The van der Waals surface area contributed by atoms with Gasteiger partial charge in [-0.25, -0.2) is 4.39 Å². The maximum absolute atomic E-state index is 13.4. The fourth-order valence-corrected chi connectivity index (χ4v) is 3.40.